The van der Waals surface area contributed by atoms with E-state index in [-0.39, 0.29) is 5.91 Å². The third-order valence-electron chi connectivity index (χ3n) is 3.34. The van der Waals surface area contributed by atoms with Gasteiger partial charge in [-0.25, -0.2) is 4.98 Å². The number of anilines is 1. The lowest BCUT2D eigenvalue weighted by Crippen LogP contribution is -2.27. The van der Waals surface area contributed by atoms with Crippen LogP contribution in [0.4, 0.5) is 5.13 Å². The van der Waals surface area contributed by atoms with Crippen molar-refractivity contribution in [1.82, 2.24) is 10.3 Å². The maximum atomic E-state index is 11.9. The van der Waals surface area contributed by atoms with Crippen molar-refractivity contribution in [3.63, 3.8) is 0 Å². The molecule has 18 heavy (non-hydrogen) atoms. The van der Waals surface area contributed by atoms with E-state index in [1.54, 1.807) is 0 Å². The van der Waals surface area contributed by atoms with E-state index >= 15 is 0 Å². The van der Waals surface area contributed by atoms with Crippen molar-refractivity contribution in [3.8, 4) is 0 Å². The molecule has 0 aromatic carbocycles. The van der Waals surface area contributed by atoms with Crippen LogP contribution in [0.2, 0.25) is 0 Å². The van der Waals surface area contributed by atoms with Crippen LogP contribution < -0.4 is 10.6 Å². The Morgan fingerprint density at radius 3 is 3.33 bits per heavy atom. The number of thiazole rings is 1. The van der Waals surface area contributed by atoms with Crippen molar-refractivity contribution in [3.05, 3.63) is 10.6 Å². The highest BCUT2D eigenvalue weighted by Crippen LogP contribution is 2.27. The third kappa shape index (κ3) is 2.71. The quantitative estimate of drug-likeness (QED) is 0.866. The Kier molecular flexibility index (Phi) is 3.58. The summed E-state index contributed by atoms with van der Waals surface area (Å²) in [6.07, 6.45) is 3.66. The van der Waals surface area contributed by atoms with Crippen LogP contribution in [0.3, 0.4) is 0 Å². The number of carbonyl (C=O) groups excluding carboxylic acids is 1. The first kappa shape index (κ1) is 12.1. The molecule has 0 spiro atoms. The van der Waals surface area contributed by atoms with E-state index in [1.807, 2.05) is 0 Å². The van der Waals surface area contributed by atoms with Crippen LogP contribution in [-0.2, 0) is 22.6 Å². The van der Waals surface area contributed by atoms with Crippen LogP contribution in [-0.4, -0.2) is 30.1 Å². The minimum atomic E-state index is 0.0569. The Morgan fingerprint density at radius 2 is 2.56 bits per heavy atom. The minimum Gasteiger partial charge on any atom is -0.375 e. The molecular weight excluding hydrogens is 250 g/mol. The Hall–Kier alpha value is -0.980. The Morgan fingerprint density at radius 1 is 1.61 bits per heavy atom. The highest BCUT2D eigenvalue weighted by atomic mass is 32.1. The molecule has 1 unspecified atom stereocenters. The number of amides is 1. The maximum Gasteiger partial charge on any atom is 0.227 e. The molecule has 5 nitrogen and oxygen atoms in total. The molecule has 2 aliphatic rings. The molecule has 0 saturated carbocycles. The van der Waals surface area contributed by atoms with Gasteiger partial charge in [-0.15, -0.1) is 0 Å². The SMILES string of the molecule is O=C(CC1CCCN1)Nc1nc2c(s1)COCC2. The van der Waals surface area contributed by atoms with Gasteiger partial charge in [0.2, 0.25) is 5.91 Å². The van der Waals surface area contributed by atoms with E-state index in [0.29, 0.717) is 24.2 Å². The number of rotatable bonds is 3. The van der Waals surface area contributed by atoms with Crippen molar-refractivity contribution in [2.24, 2.45) is 0 Å². The van der Waals surface area contributed by atoms with Gasteiger partial charge in [0.1, 0.15) is 0 Å². The Bertz CT molecular complexity index is 417. The molecule has 1 amide bonds. The molecule has 1 fully saturated rings. The van der Waals surface area contributed by atoms with Gasteiger partial charge >= 0.3 is 0 Å². The van der Waals surface area contributed by atoms with Gasteiger partial charge in [-0.1, -0.05) is 11.3 Å². The van der Waals surface area contributed by atoms with Gasteiger partial charge in [0.15, 0.2) is 5.13 Å². The maximum absolute atomic E-state index is 11.9. The zero-order valence-corrected chi connectivity index (χ0v) is 11.0. The molecule has 1 atom stereocenters. The van der Waals surface area contributed by atoms with E-state index in [1.165, 1.54) is 17.8 Å². The molecule has 2 aliphatic heterocycles. The van der Waals surface area contributed by atoms with E-state index in [0.717, 1.165) is 36.6 Å². The first-order valence-electron chi connectivity index (χ1n) is 6.41. The second-order valence-electron chi connectivity index (χ2n) is 4.74. The normalized spacial score (nSPS) is 22.8. The van der Waals surface area contributed by atoms with Crippen LogP contribution in [0.25, 0.3) is 0 Å². The number of hydrogen-bond acceptors (Lipinski definition) is 5. The largest absolute Gasteiger partial charge is 0.375 e. The first-order valence-corrected chi connectivity index (χ1v) is 7.22. The molecule has 3 heterocycles. The van der Waals surface area contributed by atoms with E-state index in [2.05, 4.69) is 15.6 Å². The molecule has 98 valence electrons. The predicted molar refractivity (Wildman–Crippen MR) is 69.7 cm³/mol. The van der Waals surface area contributed by atoms with Gasteiger partial charge in [0, 0.05) is 18.9 Å². The molecule has 0 bridgehead atoms. The van der Waals surface area contributed by atoms with Gasteiger partial charge in [0.25, 0.3) is 0 Å². The van der Waals surface area contributed by atoms with Gasteiger partial charge in [0.05, 0.1) is 23.8 Å². The first-order chi connectivity index (χ1) is 8.81. The van der Waals surface area contributed by atoms with Crippen molar-refractivity contribution >= 4 is 22.4 Å². The van der Waals surface area contributed by atoms with Crippen molar-refractivity contribution < 1.29 is 9.53 Å². The fourth-order valence-corrected chi connectivity index (χ4v) is 3.37. The summed E-state index contributed by atoms with van der Waals surface area (Å²) < 4.78 is 5.37. The molecule has 6 heteroatoms. The van der Waals surface area contributed by atoms with Crippen LogP contribution in [0.1, 0.15) is 29.8 Å². The van der Waals surface area contributed by atoms with Gasteiger partial charge in [-0.2, -0.15) is 0 Å². The van der Waals surface area contributed by atoms with Crippen molar-refractivity contribution in [2.75, 3.05) is 18.5 Å². The van der Waals surface area contributed by atoms with Gasteiger partial charge in [-0.3, -0.25) is 4.79 Å². The average molecular weight is 267 g/mol. The fourth-order valence-electron chi connectivity index (χ4n) is 2.40. The van der Waals surface area contributed by atoms with Crippen LogP contribution in [0.5, 0.6) is 0 Å². The van der Waals surface area contributed by atoms with Crippen LogP contribution in [0, 0.1) is 0 Å². The lowest BCUT2D eigenvalue weighted by Gasteiger charge is -2.08. The number of carbonyl (C=O) groups is 1. The number of ether oxygens (including phenoxy) is 1. The third-order valence-corrected chi connectivity index (χ3v) is 4.32. The van der Waals surface area contributed by atoms with E-state index in [4.69, 9.17) is 4.74 Å². The number of fused-ring (bicyclic) bond motifs is 1. The summed E-state index contributed by atoms with van der Waals surface area (Å²) in [6.45, 7) is 2.39. The van der Waals surface area contributed by atoms with E-state index < -0.39 is 0 Å². The zero-order chi connectivity index (χ0) is 12.4. The topological polar surface area (TPSA) is 63.2 Å². The monoisotopic (exact) mass is 267 g/mol. The molecule has 1 aromatic heterocycles. The highest BCUT2D eigenvalue weighted by Gasteiger charge is 2.20. The smallest absolute Gasteiger partial charge is 0.227 e. The molecule has 1 aromatic rings. The molecule has 2 N–H and O–H groups in total. The second-order valence-corrected chi connectivity index (χ2v) is 5.82. The van der Waals surface area contributed by atoms with Crippen molar-refractivity contribution in [1.29, 1.82) is 0 Å². The Labute approximate surface area is 110 Å². The second kappa shape index (κ2) is 5.34. The average Bonchev–Trinajstić information content (AvgIpc) is 2.96. The summed E-state index contributed by atoms with van der Waals surface area (Å²) in [7, 11) is 0. The highest BCUT2D eigenvalue weighted by molar-refractivity contribution is 7.15. The summed E-state index contributed by atoms with van der Waals surface area (Å²) in [5.74, 6) is 0.0569. The lowest BCUT2D eigenvalue weighted by molar-refractivity contribution is -0.116. The molecule has 0 aliphatic carbocycles. The number of hydrogen-bond donors (Lipinski definition) is 2. The molecule has 3 rings (SSSR count). The number of nitrogens with one attached hydrogen (secondary N) is 2. The predicted octanol–water partition coefficient (Wildman–Crippen LogP) is 1.30. The van der Waals surface area contributed by atoms with Crippen LogP contribution >= 0.6 is 11.3 Å². The molecule has 1 saturated heterocycles. The summed E-state index contributed by atoms with van der Waals surface area (Å²) in [6, 6.07) is 0.336. The summed E-state index contributed by atoms with van der Waals surface area (Å²) in [5, 5.41) is 6.94. The summed E-state index contributed by atoms with van der Waals surface area (Å²) in [4.78, 5) is 17.5. The lowest BCUT2D eigenvalue weighted by atomic mass is 10.1. The minimum absolute atomic E-state index is 0.0569. The van der Waals surface area contributed by atoms with Crippen molar-refractivity contribution in [2.45, 2.75) is 38.3 Å². The fraction of sp³-hybridized carbons (Fsp3) is 0.667. The number of aromatic nitrogens is 1. The molecular formula is C12H17N3O2S. The zero-order valence-electron chi connectivity index (χ0n) is 10.2. The molecule has 0 radical (unpaired) electrons. The van der Waals surface area contributed by atoms with Gasteiger partial charge in [-0.05, 0) is 19.4 Å². The summed E-state index contributed by atoms with van der Waals surface area (Å²) >= 11 is 1.53. The van der Waals surface area contributed by atoms with Crippen LogP contribution in [0.15, 0.2) is 0 Å². The standard InChI is InChI=1S/C12H17N3O2S/c16-11(6-8-2-1-4-13-8)15-12-14-9-3-5-17-7-10(9)18-12/h8,13H,1-7H2,(H,14,15,16). The number of nitrogens with zero attached hydrogens (tertiary/aromatic N) is 1. The summed E-state index contributed by atoms with van der Waals surface area (Å²) in [5.41, 5.74) is 1.08. The van der Waals surface area contributed by atoms with E-state index in [9.17, 15) is 4.79 Å². The Balaban J connectivity index is 1.58. The van der Waals surface area contributed by atoms with Gasteiger partial charge < -0.3 is 15.4 Å².